The molecule has 0 amide bonds. The van der Waals surface area contributed by atoms with E-state index in [1.807, 2.05) is 6.07 Å². The van der Waals surface area contributed by atoms with E-state index in [1.165, 1.54) is 48.3 Å². The van der Waals surface area contributed by atoms with Crippen molar-refractivity contribution in [2.75, 3.05) is 0 Å². The summed E-state index contributed by atoms with van der Waals surface area (Å²) in [5, 5.41) is 0. The Morgan fingerprint density at radius 1 is 0.964 bits per heavy atom. The predicted octanol–water partition coefficient (Wildman–Crippen LogP) is 0.451. The van der Waals surface area contributed by atoms with Gasteiger partial charge in [0, 0.05) is 0 Å². The van der Waals surface area contributed by atoms with Gasteiger partial charge in [-0.1, -0.05) is 63.1 Å². The first kappa shape index (κ1) is 27.0. The number of aryl methyl sites for hydroxylation is 2. The van der Waals surface area contributed by atoms with Crippen LogP contribution < -0.4 is 24.8 Å². The van der Waals surface area contributed by atoms with E-state index in [9.17, 15) is 0 Å². The molecule has 0 heterocycles. The summed E-state index contributed by atoms with van der Waals surface area (Å²) in [6.07, 6.45) is 1.05. The molecule has 1 aliphatic rings. The fourth-order valence-electron chi connectivity index (χ4n) is 3.13. The molecule has 3 aromatic carbocycles. The van der Waals surface area contributed by atoms with Crippen molar-refractivity contribution in [3.05, 3.63) is 88.0 Å². The summed E-state index contributed by atoms with van der Waals surface area (Å²) >= 11 is 2.08. The van der Waals surface area contributed by atoms with Crippen molar-refractivity contribution in [3.8, 4) is 11.1 Å². The van der Waals surface area contributed by atoms with Crippen molar-refractivity contribution in [2.45, 2.75) is 48.0 Å². The van der Waals surface area contributed by atoms with Crippen molar-refractivity contribution in [2.24, 2.45) is 0 Å². The van der Waals surface area contributed by atoms with Gasteiger partial charge >= 0.3 is 37.6 Å². The van der Waals surface area contributed by atoms with Gasteiger partial charge in [-0.2, -0.15) is 58.1 Å². The van der Waals surface area contributed by atoms with Crippen molar-refractivity contribution in [3.63, 3.8) is 0 Å². The standard InChI is InChI=1S/C13H9.C9H13.C3H6.2ClH.Ti/c1-3-7-12-10(5-1)9-11-6-2-4-8-13(11)12;1-6-5-7(2)9(4)8(6)3;1-3-2;;;/h1-5,7-8H,9H2;5H,1-4H3;1-2H3;2*1H;/q2*-1;;;;+2/p-2. The van der Waals surface area contributed by atoms with Gasteiger partial charge in [-0.3, -0.25) is 0 Å². The van der Waals surface area contributed by atoms with Gasteiger partial charge in [-0.05, 0) is 6.42 Å². The first-order chi connectivity index (χ1) is 12.3. The van der Waals surface area contributed by atoms with Gasteiger partial charge in [-0.25, -0.2) is 0 Å². The second-order valence-electron chi connectivity index (χ2n) is 7.16. The van der Waals surface area contributed by atoms with Crippen molar-refractivity contribution < 1.29 is 44.8 Å². The molecule has 0 saturated carbocycles. The second-order valence-corrected chi connectivity index (χ2v) is 8.72. The molecule has 0 unspecified atom stereocenters. The van der Waals surface area contributed by atoms with E-state index in [2.05, 4.69) is 110 Å². The van der Waals surface area contributed by atoms with Crippen molar-refractivity contribution >= 4 is 3.81 Å². The molecule has 0 atom stereocenters. The monoisotopic (exact) mass is 446 g/mol. The number of fused-ring (bicyclic) bond motifs is 3. The summed E-state index contributed by atoms with van der Waals surface area (Å²) in [4.78, 5) is 0. The van der Waals surface area contributed by atoms with Crippen LogP contribution in [0.1, 0.15) is 47.2 Å². The van der Waals surface area contributed by atoms with Crippen LogP contribution in [-0.4, -0.2) is 3.81 Å². The van der Waals surface area contributed by atoms with Crippen LogP contribution in [-0.2, 0) is 26.4 Å². The zero-order valence-electron chi connectivity index (χ0n) is 17.6. The minimum Gasteiger partial charge on any atom is -1.00 e. The molecule has 0 radical (unpaired) electrons. The van der Waals surface area contributed by atoms with E-state index < -0.39 is 0 Å². The number of hydrogen-bond acceptors (Lipinski definition) is 0. The van der Waals surface area contributed by atoms with Crippen LogP contribution in [0.15, 0.2) is 48.5 Å². The molecule has 0 spiro atoms. The fourth-order valence-corrected chi connectivity index (χ4v) is 3.13. The van der Waals surface area contributed by atoms with Gasteiger partial charge in [0.1, 0.15) is 0 Å². The Bertz CT molecular complexity index is 837. The van der Waals surface area contributed by atoms with Crippen LogP contribution in [0.4, 0.5) is 0 Å². The van der Waals surface area contributed by atoms with Gasteiger partial charge in [0.2, 0.25) is 0 Å². The number of hydrogen-bond donors (Lipinski definition) is 0. The first-order valence-corrected chi connectivity index (χ1v) is 9.89. The molecule has 28 heavy (non-hydrogen) atoms. The molecule has 0 fully saturated rings. The summed E-state index contributed by atoms with van der Waals surface area (Å²) in [6.45, 7) is 12.8. The fraction of sp³-hybridized carbons (Fsp3) is 0.280. The molecule has 0 nitrogen and oxygen atoms in total. The quantitative estimate of drug-likeness (QED) is 0.272. The minimum absolute atomic E-state index is 0. The molecule has 0 aliphatic heterocycles. The van der Waals surface area contributed by atoms with Crippen LogP contribution in [0.25, 0.3) is 11.1 Å². The Morgan fingerprint density at radius 3 is 2.04 bits per heavy atom. The summed E-state index contributed by atoms with van der Waals surface area (Å²) in [5.41, 5.74) is 11.3. The molecule has 1 aliphatic carbocycles. The Kier molecular flexibility index (Phi) is 12.0. The minimum atomic E-state index is 0. The van der Waals surface area contributed by atoms with Gasteiger partial charge in [0.15, 0.2) is 0 Å². The van der Waals surface area contributed by atoms with Crippen LogP contribution in [0, 0.1) is 33.8 Å². The Balaban J connectivity index is 0.000000432. The first-order valence-electron chi connectivity index (χ1n) is 9.11. The third-order valence-electron chi connectivity index (χ3n) is 4.80. The summed E-state index contributed by atoms with van der Waals surface area (Å²) < 4.78 is 1.42. The van der Waals surface area contributed by atoms with E-state index in [0.29, 0.717) is 0 Å². The van der Waals surface area contributed by atoms with Crippen LogP contribution in [0.3, 0.4) is 0 Å². The van der Waals surface area contributed by atoms with Crippen LogP contribution >= 0.6 is 0 Å². The number of benzene rings is 2. The molecular weight excluding hydrogens is 419 g/mol. The third-order valence-corrected chi connectivity index (χ3v) is 4.80. The summed E-state index contributed by atoms with van der Waals surface area (Å²) in [6, 6.07) is 20.3. The average molecular weight is 447 g/mol. The van der Waals surface area contributed by atoms with E-state index in [-0.39, 0.29) is 24.8 Å². The van der Waals surface area contributed by atoms with Crippen LogP contribution in [0.5, 0.6) is 0 Å². The largest absolute Gasteiger partial charge is 1.00 e. The predicted molar refractivity (Wildman–Crippen MR) is 111 cm³/mol. The van der Waals surface area contributed by atoms with Crippen molar-refractivity contribution in [1.82, 2.24) is 0 Å². The zero-order chi connectivity index (χ0) is 19.3. The number of rotatable bonds is 0. The smallest absolute Gasteiger partial charge is 0.0253 e. The molecule has 0 saturated heterocycles. The Morgan fingerprint density at radius 2 is 1.54 bits per heavy atom. The summed E-state index contributed by atoms with van der Waals surface area (Å²) in [5.74, 6) is 0. The molecule has 0 bridgehead atoms. The zero-order valence-corrected chi connectivity index (χ0v) is 20.7. The molecule has 3 heteroatoms. The molecular formula is C25H28Cl2Ti-2. The maximum Gasteiger partial charge on any atom is -0.0253 e. The number of halogens is 2. The third kappa shape index (κ3) is 7.09. The normalized spacial score (nSPS) is 10.0. The summed E-state index contributed by atoms with van der Waals surface area (Å²) in [7, 11) is 0. The van der Waals surface area contributed by atoms with Gasteiger partial charge < -0.3 is 24.8 Å². The SMILES string of the molecule is C[C](C)=[Ti+2].Cc1c[c-](C)c(C)c1C.[Cl-].[Cl-].[c-]1cccc2c1Cc1ccccc1-2. The van der Waals surface area contributed by atoms with Gasteiger partial charge in [0.05, 0.1) is 0 Å². The maximum atomic E-state index is 3.30. The van der Waals surface area contributed by atoms with E-state index >= 15 is 0 Å². The molecule has 0 N–H and O–H groups in total. The molecule has 4 rings (SSSR count). The van der Waals surface area contributed by atoms with Gasteiger partial charge in [0.25, 0.3) is 0 Å². The molecule has 0 aromatic heterocycles. The van der Waals surface area contributed by atoms with Crippen LogP contribution in [0.2, 0.25) is 0 Å². The Labute approximate surface area is 194 Å². The average Bonchev–Trinajstić information content (AvgIpc) is 3.08. The van der Waals surface area contributed by atoms with E-state index in [4.69, 9.17) is 0 Å². The maximum absolute atomic E-state index is 3.30. The van der Waals surface area contributed by atoms with Gasteiger partial charge in [-0.15, -0.1) is 5.56 Å². The second kappa shape index (κ2) is 12.5. The topological polar surface area (TPSA) is 0 Å². The Hall–Kier alpha value is -1.05. The molecule has 3 aromatic rings. The van der Waals surface area contributed by atoms with E-state index in [1.54, 1.807) is 0 Å². The van der Waals surface area contributed by atoms with E-state index in [0.717, 1.165) is 6.42 Å². The van der Waals surface area contributed by atoms with Crippen molar-refractivity contribution in [1.29, 1.82) is 0 Å². The molecule has 148 valence electrons.